The number of phenolic OH excluding ortho intramolecular Hbond substituents is 1. The maximum Gasteiger partial charge on any atom is 0.270 e. The number of allylic oxidation sites excluding steroid dienone is 1. The number of rotatable bonds is 4. The van der Waals surface area contributed by atoms with Crippen LogP contribution in [0.1, 0.15) is 23.6 Å². The zero-order chi connectivity index (χ0) is 16.4. The van der Waals surface area contributed by atoms with E-state index in [1.807, 2.05) is 0 Å². The fourth-order valence-electron chi connectivity index (χ4n) is 2.23. The van der Waals surface area contributed by atoms with Crippen LogP contribution in [0.3, 0.4) is 0 Å². The summed E-state index contributed by atoms with van der Waals surface area (Å²) in [5, 5.41) is 20.6. The molecule has 0 radical (unpaired) electrons. The maximum absolute atomic E-state index is 10.9. The first-order valence-corrected chi connectivity index (χ1v) is 6.72. The summed E-state index contributed by atoms with van der Waals surface area (Å²) in [6, 6.07) is 7.82. The average Bonchev–Trinajstić information content (AvgIpc) is 2.43. The van der Waals surface area contributed by atoms with Crippen molar-refractivity contribution in [3.8, 4) is 17.2 Å². The number of nitrogens with zero attached hydrogens (tertiary/aromatic N) is 1. The molecule has 22 heavy (non-hydrogen) atoms. The van der Waals surface area contributed by atoms with Crippen LogP contribution in [0.25, 0.3) is 5.57 Å². The Bertz CT molecular complexity index is 742. The van der Waals surface area contributed by atoms with Gasteiger partial charge in [-0.05, 0) is 55.7 Å². The van der Waals surface area contributed by atoms with Crippen LogP contribution in [-0.2, 0) is 0 Å². The summed E-state index contributed by atoms with van der Waals surface area (Å²) in [6.45, 7) is 9.12. The normalized spacial score (nSPS) is 10.3. The van der Waals surface area contributed by atoms with Gasteiger partial charge in [0.15, 0.2) is 0 Å². The van der Waals surface area contributed by atoms with Crippen molar-refractivity contribution in [2.24, 2.45) is 0 Å². The smallest absolute Gasteiger partial charge is 0.270 e. The van der Waals surface area contributed by atoms with E-state index in [1.54, 1.807) is 32.9 Å². The van der Waals surface area contributed by atoms with Crippen molar-refractivity contribution < 1.29 is 14.8 Å². The number of phenols is 1. The number of benzene rings is 2. The molecule has 114 valence electrons. The first-order valence-electron chi connectivity index (χ1n) is 6.72. The van der Waals surface area contributed by atoms with E-state index < -0.39 is 4.92 Å². The Morgan fingerprint density at radius 2 is 1.82 bits per heavy atom. The molecule has 0 atom stereocenters. The van der Waals surface area contributed by atoms with Gasteiger partial charge in [0.05, 0.1) is 4.92 Å². The van der Waals surface area contributed by atoms with E-state index in [1.165, 1.54) is 18.2 Å². The molecule has 0 aliphatic carbocycles. The Hall–Kier alpha value is -2.82. The molecule has 5 nitrogen and oxygen atoms in total. The highest BCUT2D eigenvalue weighted by atomic mass is 16.6. The molecule has 0 unspecified atom stereocenters. The molecular formula is C17H17NO4. The van der Waals surface area contributed by atoms with Crippen LogP contribution < -0.4 is 4.74 Å². The van der Waals surface area contributed by atoms with E-state index in [0.717, 1.165) is 5.57 Å². The van der Waals surface area contributed by atoms with Crippen LogP contribution in [0.2, 0.25) is 0 Å². The predicted octanol–water partition coefficient (Wildman–Crippen LogP) is 4.74. The Morgan fingerprint density at radius 3 is 2.32 bits per heavy atom. The van der Waals surface area contributed by atoms with Crippen LogP contribution >= 0.6 is 0 Å². The summed E-state index contributed by atoms with van der Waals surface area (Å²) in [5.41, 5.74) is 2.72. The van der Waals surface area contributed by atoms with Gasteiger partial charge in [0.2, 0.25) is 0 Å². The van der Waals surface area contributed by atoms with Crippen molar-refractivity contribution in [1.82, 2.24) is 0 Å². The fourth-order valence-corrected chi connectivity index (χ4v) is 2.23. The lowest BCUT2D eigenvalue weighted by atomic mass is 10.1. The number of hydrogen-bond acceptors (Lipinski definition) is 4. The van der Waals surface area contributed by atoms with Gasteiger partial charge in [-0.15, -0.1) is 0 Å². The zero-order valence-electron chi connectivity index (χ0n) is 12.7. The van der Waals surface area contributed by atoms with Crippen LogP contribution in [0, 0.1) is 24.0 Å². The Kier molecular flexibility index (Phi) is 4.17. The van der Waals surface area contributed by atoms with Crippen molar-refractivity contribution in [2.75, 3.05) is 0 Å². The van der Waals surface area contributed by atoms with Crippen LogP contribution in [0.4, 0.5) is 5.69 Å². The van der Waals surface area contributed by atoms with Crippen molar-refractivity contribution in [3.63, 3.8) is 0 Å². The third-order valence-corrected chi connectivity index (χ3v) is 3.30. The summed E-state index contributed by atoms with van der Waals surface area (Å²) >= 11 is 0. The van der Waals surface area contributed by atoms with E-state index in [2.05, 4.69) is 6.58 Å². The van der Waals surface area contributed by atoms with Gasteiger partial charge in [-0.3, -0.25) is 10.1 Å². The van der Waals surface area contributed by atoms with Crippen molar-refractivity contribution >= 4 is 11.3 Å². The Balaban J connectivity index is 2.41. The van der Waals surface area contributed by atoms with Crippen LogP contribution in [-0.4, -0.2) is 10.0 Å². The van der Waals surface area contributed by atoms with Gasteiger partial charge in [0.25, 0.3) is 5.69 Å². The minimum absolute atomic E-state index is 0.0377. The molecule has 0 amide bonds. The van der Waals surface area contributed by atoms with Gasteiger partial charge in [0.1, 0.15) is 17.2 Å². The van der Waals surface area contributed by atoms with E-state index in [9.17, 15) is 15.2 Å². The van der Waals surface area contributed by atoms with Crippen molar-refractivity contribution in [1.29, 1.82) is 0 Å². The van der Waals surface area contributed by atoms with Crippen molar-refractivity contribution in [2.45, 2.75) is 20.8 Å². The van der Waals surface area contributed by atoms with E-state index in [-0.39, 0.29) is 11.4 Å². The number of hydrogen-bond donors (Lipinski definition) is 1. The minimum Gasteiger partial charge on any atom is -0.507 e. The summed E-state index contributed by atoms with van der Waals surface area (Å²) in [5.74, 6) is 1.25. The summed E-state index contributed by atoms with van der Waals surface area (Å²) < 4.78 is 5.85. The molecule has 2 rings (SSSR count). The highest BCUT2D eigenvalue weighted by Gasteiger charge is 2.14. The SMILES string of the molecule is C=C(C)c1cc(Oc2c(C)cc([N+](=O)[O-])cc2C)ccc1O. The summed E-state index contributed by atoms with van der Waals surface area (Å²) in [6.07, 6.45) is 0. The molecule has 0 heterocycles. The standard InChI is InChI=1S/C17H17NO4/c1-10(2)15-9-14(5-6-16(15)19)22-17-11(3)7-13(18(20)21)8-12(17)4/h5-9,19H,1H2,2-4H3. The van der Waals surface area contributed by atoms with E-state index in [0.29, 0.717) is 28.2 Å². The van der Waals surface area contributed by atoms with Crippen LogP contribution in [0.5, 0.6) is 17.2 Å². The molecule has 0 aromatic heterocycles. The van der Waals surface area contributed by atoms with Gasteiger partial charge in [0, 0.05) is 17.7 Å². The summed E-state index contributed by atoms with van der Waals surface area (Å²) in [4.78, 5) is 10.4. The lowest BCUT2D eigenvalue weighted by molar-refractivity contribution is -0.385. The lowest BCUT2D eigenvalue weighted by Gasteiger charge is -2.13. The third kappa shape index (κ3) is 3.09. The molecule has 0 saturated carbocycles. The first kappa shape index (κ1) is 15.6. The number of aryl methyl sites for hydroxylation is 2. The Labute approximate surface area is 128 Å². The predicted molar refractivity (Wildman–Crippen MR) is 85.5 cm³/mol. The van der Waals surface area contributed by atoms with Gasteiger partial charge in [-0.1, -0.05) is 6.58 Å². The van der Waals surface area contributed by atoms with Gasteiger partial charge in [-0.2, -0.15) is 0 Å². The monoisotopic (exact) mass is 299 g/mol. The number of aromatic hydroxyl groups is 1. The Morgan fingerprint density at radius 1 is 1.23 bits per heavy atom. The van der Waals surface area contributed by atoms with E-state index >= 15 is 0 Å². The highest BCUT2D eigenvalue weighted by molar-refractivity contribution is 5.68. The zero-order valence-corrected chi connectivity index (χ0v) is 12.7. The molecule has 1 N–H and O–H groups in total. The van der Waals surface area contributed by atoms with Crippen LogP contribution in [0.15, 0.2) is 36.9 Å². The molecule has 2 aromatic carbocycles. The second-order valence-corrected chi connectivity index (χ2v) is 5.23. The molecule has 2 aromatic rings. The molecular weight excluding hydrogens is 282 g/mol. The minimum atomic E-state index is -0.427. The number of ether oxygens (including phenoxy) is 1. The lowest BCUT2D eigenvalue weighted by Crippen LogP contribution is -1.95. The third-order valence-electron chi connectivity index (χ3n) is 3.30. The second kappa shape index (κ2) is 5.89. The molecule has 0 spiro atoms. The number of nitro benzene ring substituents is 1. The molecule has 0 saturated heterocycles. The fraction of sp³-hybridized carbons (Fsp3) is 0.176. The molecule has 5 heteroatoms. The maximum atomic E-state index is 10.9. The van der Waals surface area contributed by atoms with E-state index in [4.69, 9.17) is 4.74 Å². The molecule has 0 fully saturated rings. The average molecular weight is 299 g/mol. The first-order chi connectivity index (χ1) is 10.3. The van der Waals surface area contributed by atoms with Gasteiger partial charge < -0.3 is 9.84 Å². The highest BCUT2D eigenvalue weighted by Crippen LogP contribution is 2.35. The molecule has 0 aliphatic rings. The molecule has 0 bridgehead atoms. The largest absolute Gasteiger partial charge is 0.507 e. The number of nitro groups is 1. The van der Waals surface area contributed by atoms with Crippen molar-refractivity contribution in [3.05, 3.63) is 63.7 Å². The second-order valence-electron chi connectivity index (χ2n) is 5.23. The van der Waals surface area contributed by atoms with Gasteiger partial charge >= 0.3 is 0 Å². The summed E-state index contributed by atoms with van der Waals surface area (Å²) in [7, 11) is 0. The van der Waals surface area contributed by atoms with Gasteiger partial charge in [-0.25, -0.2) is 0 Å². The quantitative estimate of drug-likeness (QED) is 0.653. The number of non-ortho nitro benzene ring substituents is 1. The topological polar surface area (TPSA) is 72.6 Å². The molecule has 0 aliphatic heterocycles.